The van der Waals surface area contributed by atoms with E-state index < -0.39 is 0 Å². The van der Waals surface area contributed by atoms with E-state index in [9.17, 15) is 0 Å². The van der Waals surface area contributed by atoms with Gasteiger partial charge in [-0.1, -0.05) is 35.9 Å². The van der Waals surface area contributed by atoms with Crippen LogP contribution in [0.25, 0.3) is 22.0 Å². The number of hydrogen-bond acceptors (Lipinski definition) is 1. The van der Waals surface area contributed by atoms with Gasteiger partial charge >= 0.3 is 0 Å². The highest BCUT2D eigenvalue weighted by molar-refractivity contribution is 6.31. The zero-order chi connectivity index (χ0) is 13.5. The molecule has 0 radical (unpaired) electrons. The molecule has 0 saturated heterocycles. The minimum absolute atomic E-state index is 0.756. The summed E-state index contributed by atoms with van der Waals surface area (Å²) in [6.45, 7) is 0. The minimum atomic E-state index is 0.756. The Hall–Kier alpha value is -2.39. The molecule has 0 saturated carbocycles. The first-order valence-electron chi connectivity index (χ1n) is 6.42. The Balaban J connectivity index is 1.82. The number of anilines is 2. The number of fused-ring (bicyclic) bond motifs is 3. The van der Waals surface area contributed by atoms with Gasteiger partial charge in [0.25, 0.3) is 0 Å². The number of aromatic amines is 2. The van der Waals surface area contributed by atoms with Crippen LogP contribution in [0.5, 0.6) is 0 Å². The molecule has 0 unspecified atom stereocenters. The molecule has 3 N–H and O–H groups in total. The maximum absolute atomic E-state index is 6.05. The van der Waals surface area contributed by atoms with E-state index in [1.165, 1.54) is 5.39 Å². The van der Waals surface area contributed by atoms with Gasteiger partial charge in [0.15, 0.2) is 0 Å². The number of hydrogen-bond donors (Lipinski definition) is 3. The Morgan fingerprint density at radius 3 is 2.60 bits per heavy atom. The molecule has 0 bridgehead atoms. The maximum atomic E-state index is 6.05. The van der Waals surface area contributed by atoms with Gasteiger partial charge in [-0.25, -0.2) is 0 Å². The van der Waals surface area contributed by atoms with Crippen LogP contribution in [0.4, 0.5) is 11.5 Å². The number of halogens is 1. The summed E-state index contributed by atoms with van der Waals surface area (Å²) in [5.74, 6) is 0.957. The van der Waals surface area contributed by atoms with E-state index in [2.05, 4.69) is 21.6 Å². The number of para-hydroxylation sites is 1. The van der Waals surface area contributed by atoms with Crippen LogP contribution in [0.2, 0.25) is 5.02 Å². The summed E-state index contributed by atoms with van der Waals surface area (Å²) in [6.07, 6.45) is 0. The number of benzene rings is 2. The molecule has 2 aromatic carbocycles. The van der Waals surface area contributed by atoms with Crippen LogP contribution in [0.1, 0.15) is 0 Å². The fourth-order valence-electron chi connectivity index (χ4n) is 2.54. The van der Waals surface area contributed by atoms with Crippen LogP contribution in [0.3, 0.4) is 0 Å². The van der Waals surface area contributed by atoms with Crippen molar-refractivity contribution in [2.45, 2.75) is 0 Å². The molecule has 0 atom stereocenters. The molecule has 98 valence electrons. The number of H-pyrrole nitrogens is 2. The third kappa shape index (κ3) is 1.75. The SMILES string of the molecule is Clc1ccc2c3[nH][nH]c(Nc4ccccc4)c-3cc2c1. The Bertz CT molecular complexity index is 845. The molecule has 4 heteroatoms. The average molecular weight is 282 g/mol. The van der Waals surface area contributed by atoms with Crippen LogP contribution in [0.15, 0.2) is 54.6 Å². The third-order valence-corrected chi connectivity index (χ3v) is 3.71. The van der Waals surface area contributed by atoms with Gasteiger partial charge in [0, 0.05) is 21.7 Å². The van der Waals surface area contributed by atoms with Crippen molar-refractivity contribution in [3.05, 3.63) is 59.6 Å². The first-order chi connectivity index (χ1) is 9.81. The van der Waals surface area contributed by atoms with Crippen LogP contribution < -0.4 is 5.32 Å². The molecule has 1 aliphatic carbocycles. The molecule has 1 heterocycles. The first-order valence-corrected chi connectivity index (χ1v) is 6.79. The molecular formula is C16H12ClN3. The van der Waals surface area contributed by atoms with Crippen molar-refractivity contribution in [1.82, 2.24) is 10.2 Å². The zero-order valence-corrected chi connectivity index (χ0v) is 11.3. The van der Waals surface area contributed by atoms with Crippen molar-refractivity contribution in [3.8, 4) is 11.3 Å². The summed E-state index contributed by atoms with van der Waals surface area (Å²) in [7, 11) is 0. The van der Waals surface area contributed by atoms with Gasteiger partial charge in [0.2, 0.25) is 0 Å². The fourth-order valence-corrected chi connectivity index (χ4v) is 2.72. The largest absolute Gasteiger partial charge is 0.340 e. The molecule has 4 rings (SSSR count). The van der Waals surface area contributed by atoms with Gasteiger partial charge in [-0.15, -0.1) is 0 Å². The summed E-state index contributed by atoms with van der Waals surface area (Å²) in [5, 5.41) is 12.8. The van der Waals surface area contributed by atoms with Gasteiger partial charge < -0.3 is 5.32 Å². The monoisotopic (exact) mass is 281 g/mol. The van der Waals surface area contributed by atoms with E-state index in [0.717, 1.165) is 33.2 Å². The maximum Gasteiger partial charge on any atom is 0.132 e. The Labute approximate surface area is 120 Å². The van der Waals surface area contributed by atoms with Crippen molar-refractivity contribution in [1.29, 1.82) is 0 Å². The lowest BCUT2D eigenvalue weighted by molar-refractivity contribution is 1.11. The van der Waals surface area contributed by atoms with E-state index in [1.54, 1.807) is 0 Å². The molecule has 0 amide bonds. The van der Waals surface area contributed by atoms with E-state index in [1.807, 2.05) is 48.5 Å². The average Bonchev–Trinajstić information content (AvgIpc) is 2.99. The number of nitrogens with one attached hydrogen (secondary N) is 3. The van der Waals surface area contributed by atoms with Crippen molar-refractivity contribution >= 4 is 33.9 Å². The summed E-state index contributed by atoms with van der Waals surface area (Å²) in [5.41, 5.74) is 3.27. The van der Waals surface area contributed by atoms with Crippen molar-refractivity contribution in [3.63, 3.8) is 0 Å². The molecule has 1 aliphatic heterocycles. The minimum Gasteiger partial charge on any atom is -0.340 e. The van der Waals surface area contributed by atoms with Gasteiger partial charge in [-0.3, -0.25) is 10.2 Å². The second-order valence-corrected chi connectivity index (χ2v) is 5.22. The van der Waals surface area contributed by atoms with Crippen LogP contribution in [0, 0.1) is 0 Å². The second kappa shape index (κ2) is 4.32. The van der Waals surface area contributed by atoms with Gasteiger partial charge in [0.05, 0.1) is 5.69 Å². The van der Waals surface area contributed by atoms with Crippen molar-refractivity contribution in [2.24, 2.45) is 0 Å². The van der Waals surface area contributed by atoms with Crippen molar-refractivity contribution in [2.75, 3.05) is 5.32 Å². The normalized spacial score (nSPS) is 11.2. The molecule has 3 nitrogen and oxygen atoms in total. The molecular weight excluding hydrogens is 270 g/mol. The quantitative estimate of drug-likeness (QED) is 0.476. The Morgan fingerprint density at radius 2 is 1.75 bits per heavy atom. The molecule has 0 spiro atoms. The van der Waals surface area contributed by atoms with Gasteiger partial charge in [-0.2, -0.15) is 0 Å². The fraction of sp³-hybridized carbons (Fsp3) is 0. The first kappa shape index (κ1) is 11.4. The standard InChI is InChI=1S/C16H12ClN3/c17-11-6-7-13-10(8-11)9-14-15(13)19-20-16(14)18-12-4-2-1-3-5-12/h1-9,18-20H. The second-order valence-electron chi connectivity index (χ2n) is 4.78. The summed E-state index contributed by atoms with van der Waals surface area (Å²) in [6, 6.07) is 18.1. The van der Waals surface area contributed by atoms with E-state index in [-0.39, 0.29) is 0 Å². The lowest BCUT2D eigenvalue weighted by atomic mass is 10.2. The predicted molar refractivity (Wildman–Crippen MR) is 84.0 cm³/mol. The van der Waals surface area contributed by atoms with E-state index in [4.69, 9.17) is 11.6 Å². The zero-order valence-electron chi connectivity index (χ0n) is 10.6. The van der Waals surface area contributed by atoms with Crippen LogP contribution in [-0.4, -0.2) is 10.2 Å². The van der Waals surface area contributed by atoms with Gasteiger partial charge in [0.1, 0.15) is 5.82 Å². The molecule has 2 aromatic rings. The lowest BCUT2D eigenvalue weighted by Crippen LogP contribution is -1.90. The molecule has 0 aromatic heterocycles. The van der Waals surface area contributed by atoms with Crippen LogP contribution >= 0.6 is 11.6 Å². The Kier molecular flexibility index (Phi) is 2.47. The molecule has 20 heavy (non-hydrogen) atoms. The smallest absolute Gasteiger partial charge is 0.132 e. The highest BCUT2D eigenvalue weighted by Gasteiger charge is 2.16. The summed E-state index contributed by atoms with van der Waals surface area (Å²) in [4.78, 5) is 0. The number of aromatic nitrogens is 2. The third-order valence-electron chi connectivity index (χ3n) is 3.48. The summed E-state index contributed by atoms with van der Waals surface area (Å²) >= 11 is 6.05. The van der Waals surface area contributed by atoms with E-state index >= 15 is 0 Å². The van der Waals surface area contributed by atoms with Gasteiger partial charge in [-0.05, 0) is 35.7 Å². The van der Waals surface area contributed by atoms with E-state index in [0.29, 0.717) is 0 Å². The Morgan fingerprint density at radius 1 is 0.900 bits per heavy atom. The van der Waals surface area contributed by atoms with Crippen LogP contribution in [-0.2, 0) is 0 Å². The predicted octanol–water partition coefficient (Wildman–Crippen LogP) is 5.00. The lowest BCUT2D eigenvalue weighted by Gasteiger charge is -2.03. The highest BCUT2D eigenvalue weighted by atomic mass is 35.5. The topological polar surface area (TPSA) is 43.6 Å². The highest BCUT2D eigenvalue weighted by Crippen LogP contribution is 2.38. The number of rotatable bonds is 2. The van der Waals surface area contributed by atoms with Crippen molar-refractivity contribution < 1.29 is 0 Å². The molecule has 2 aliphatic rings. The molecule has 0 fully saturated rings. The summed E-state index contributed by atoms with van der Waals surface area (Å²) < 4.78 is 0.